The van der Waals surface area contributed by atoms with Gasteiger partial charge in [0.15, 0.2) is 0 Å². The number of aliphatic imine (C=N–C) groups is 2. The van der Waals surface area contributed by atoms with E-state index in [-0.39, 0.29) is 10.8 Å². The van der Waals surface area contributed by atoms with E-state index >= 15 is 0 Å². The van der Waals surface area contributed by atoms with Crippen molar-refractivity contribution in [2.75, 3.05) is 28.3 Å². The van der Waals surface area contributed by atoms with Crippen molar-refractivity contribution in [2.24, 2.45) is 32.3 Å². The van der Waals surface area contributed by atoms with Gasteiger partial charge in [0.2, 0.25) is 23.4 Å². The summed E-state index contributed by atoms with van der Waals surface area (Å²) in [5.74, 6) is 0.894. The van der Waals surface area contributed by atoms with E-state index in [1.807, 2.05) is 37.1 Å². The van der Waals surface area contributed by atoms with E-state index in [9.17, 15) is 0 Å². The second-order valence-corrected chi connectivity index (χ2v) is 37.0. The number of halogens is 1. The summed E-state index contributed by atoms with van der Waals surface area (Å²) in [6.45, 7) is 7.01. The van der Waals surface area contributed by atoms with Crippen LogP contribution in [0.15, 0.2) is 74.3 Å². The predicted molar refractivity (Wildman–Crippen MR) is 283 cm³/mol. The molecule has 2 aliphatic heterocycles. The molecule has 2 saturated carbocycles. The zero-order chi connectivity index (χ0) is 48.2. The maximum Gasteiger partial charge on any atom is 0.220 e. The van der Waals surface area contributed by atoms with Crippen LogP contribution in [0.25, 0.3) is 10.4 Å². The molecule has 2 fully saturated rings. The van der Waals surface area contributed by atoms with E-state index in [2.05, 4.69) is 94.8 Å². The summed E-state index contributed by atoms with van der Waals surface area (Å²) in [6.07, 6.45) is 23.4. The number of rotatable bonds is 13. The van der Waals surface area contributed by atoms with E-state index < -0.39 is 29.8 Å². The Morgan fingerprint density at radius 3 is 1.57 bits per heavy atom. The normalized spacial score (nSPS) is 28.1. The average molecular weight is 1140 g/mol. The molecule has 2 aromatic carbocycles. The Morgan fingerprint density at radius 1 is 0.691 bits per heavy atom. The average Bonchev–Trinajstić information content (AvgIpc) is 4.23. The van der Waals surface area contributed by atoms with E-state index in [4.69, 9.17) is 40.6 Å². The topological polar surface area (TPSA) is 146 Å². The van der Waals surface area contributed by atoms with Gasteiger partial charge < -0.3 is 20.9 Å². The summed E-state index contributed by atoms with van der Waals surface area (Å²) in [5, 5.41) is 3.23. The first kappa shape index (κ1) is 51.7. The zero-order valence-corrected chi connectivity index (χ0v) is 47.6. The van der Waals surface area contributed by atoms with Crippen molar-refractivity contribution in [3.63, 3.8) is 0 Å². The van der Waals surface area contributed by atoms with Gasteiger partial charge >= 0.3 is 122 Å². The zero-order valence-electron chi connectivity index (χ0n) is 41.5. The number of hydroxylamine groups is 4. The van der Waals surface area contributed by atoms with Crippen LogP contribution in [0.3, 0.4) is 0 Å². The van der Waals surface area contributed by atoms with Crippen LogP contribution in [-0.4, -0.2) is 90.9 Å². The Kier molecular flexibility index (Phi) is 16.7. The van der Waals surface area contributed by atoms with Gasteiger partial charge in [-0.3, -0.25) is 4.98 Å². The van der Waals surface area contributed by atoms with Crippen molar-refractivity contribution in [3.05, 3.63) is 86.5 Å². The number of nitrogens with two attached hydrogens (primary N) is 2. The van der Waals surface area contributed by atoms with Crippen molar-refractivity contribution in [1.29, 1.82) is 0 Å². The molecule has 6 aliphatic rings. The van der Waals surface area contributed by atoms with Crippen molar-refractivity contribution >= 4 is 71.8 Å². The van der Waals surface area contributed by atoms with E-state index in [0.717, 1.165) is 90.2 Å². The number of aromatic nitrogens is 2. The van der Waals surface area contributed by atoms with E-state index in [1.165, 1.54) is 49.7 Å². The second kappa shape index (κ2) is 22.0. The molecular formula is C52H75BrN8O4S2Sn. The molecule has 68 heavy (non-hydrogen) atoms. The SMILES string of the molecule is CCC[CH2][Sn]([CH2]CCC)([CH2]CCC)[c]1cncs1.COC1CCC2(CC1)Cc1ccc(-c3cncs3)cc1C21N=C(N)N(C)O1.COC1CCC2(CC1)Cc1ccc(Br)cc1C21N=C(N)N(C)O1. The smallest absolute Gasteiger partial charge is 0.220 e. The molecule has 4 heterocycles. The van der Waals surface area contributed by atoms with Crippen LogP contribution in [0.1, 0.15) is 133 Å². The molecule has 370 valence electrons. The van der Waals surface area contributed by atoms with Crippen molar-refractivity contribution in [3.8, 4) is 10.4 Å². The summed E-state index contributed by atoms with van der Waals surface area (Å²) >= 11 is 5.12. The molecule has 4 aromatic rings. The number of nitrogens with zero attached hydrogens (tertiary/aromatic N) is 6. The quantitative estimate of drug-likeness (QED) is 0.124. The van der Waals surface area contributed by atoms with Gasteiger partial charge in [-0.25, -0.2) is 29.8 Å². The largest absolute Gasteiger partial charge is 0.381 e. The first-order chi connectivity index (χ1) is 32.8. The number of ether oxygens (including phenoxy) is 2. The molecule has 0 saturated heterocycles. The maximum absolute atomic E-state index is 6.43. The van der Waals surface area contributed by atoms with Crippen LogP contribution in [0.2, 0.25) is 13.3 Å². The molecule has 2 unspecified atom stereocenters. The van der Waals surface area contributed by atoms with Crippen LogP contribution < -0.4 is 14.4 Å². The number of hydrogen-bond donors (Lipinski definition) is 2. The van der Waals surface area contributed by atoms with Crippen molar-refractivity contribution in [1.82, 2.24) is 20.1 Å². The monoisotopic (exact) mass is 1140 g/mol. The summed E-state index contributed by atoms with van der Waals surface area (Å²) in [4.78, 5) is 32.3. The molecule has 0 amide bonds. The standard InChI is InChI=1S/C20H24N4O2S.C17H22BrN3O2.3C4H9.C3H2NS.Sn/c1-24-18(21)23-20(26-24)16-9-13(17-11-22-12-27-17)3-4-14(16)10-19(20)7-5-15(25-2)6-8-19;1-21-15(19)20-17(23-21)14-9-12(18)4-3-11(14)10-16(17)7-5-13(22-2)6-8-16;3*1-3-4-2;1-2-5-3-4-1;/h3-4,9,11-12,15H,5-8,10H2,1-2H3,(H2,21,23);3-4,9,13H,5-8,10H2,1-2H3,(H2,19,20);3*1,3-4H2,2H3;1,3H;. The van der Waals surface area contributed by atoms with Crippen LogP contribution in [0.4, 0.5) is 0 Å². The Labute approximate surface area is 426 Å². The number of hydrogen-bond acceptors (Lipinski definition) is 14. The van der Waals surface area contributed by atoms with Crippen LogP contribution >= 0.6 is 38.6 Å². The summed E-state index contributed by atoms with van der Waals surface area (Å²) in [6, 6.07) is 13.1. The van der Waals surface area contributed by atoms with Crippen LogP contribution in [0.5, 0.6) is 0 Å². The van der Waals surface area contributed by atoms with Gasteiger partial charge in [-0.15, -0.1) is 11.3 Å². The molecule has 10 rings (SSSR count). The summed E-state index contributed by atoms with van der Waals surface area (Å²) in [5.41, 5.74) is 20.7. The number of benzene rings is 2. The Hall–Kier alpha value is -2.64. The van der Waals surface area contributed by atoms with Crippen LogP contribution in [0, 0.1) is 10.8 Å². The number of thiazole rings is 2. The molecule has 16 heteroatoms. The molecule has 0 radical (unpaired) electrons. The molecule has 0 bridgehead atoms. The molecule has 4 spiro atoms. The number of guanidine groups is 2. The van der Waals surface area contributed by atoms with Gasteiger partial charge in [0.05, 0.1) is 22.6 Å². The van der Waals surface area contributed by atoms with Gasteiger partial charge in [0.1, 0.15) is 0 Å². The third-order valence-electron chi connectivity index (χ3n) is 16.3. The van der Waals surface area contributed by atoms with Gasteiger partial charge in [-0.2, -0.15) is 0 Å². The Bertz CT molecular complexity index is 2330. The molecular weight excluding hydrogens is 1060 g/mol. The number of unbranched alkanes of at least 4 members (excludes halogenated alkanes) is 3. The molecule has 4 aliphatic carbocycles. The maximum atomic E-state index is 6.43. The van der Waals surface area contributed by atoms with Gasteiger partial charge in [0.25, 0.3) is 0 Å². The van der Waals surface area contributed by atoms with Gasteiger partial charge in [-0.05, 0) is 99.1 Å². The fraction of sp³-hybridized carbons (Fsp3) is 0.615. The molecule has 2 aromatic heterocycles. The van der Waals surface area contributed by atoms with Gasteiger partial charge in [0, 0.05) is 60.9 Å². The third kappa shape index (κ3) is 9.82. The molecule has 4 N–H and O–H groups in total. The van der Waals surface area contributed by atoms with E-state index in [0.29, 0.717) is 24.1 Å². The summed E-state index contributed by atoms with van der Waals surface area (Å²) in [7, 11) is 7.28. The first-order valence-corrected chi connectivity index (χ1v) is 35.2. The first-order valence-electron chi connectivity index (χ1n) is 25.2. The third-order valence-corrected chi connectivity index (χ3v) is 36.7. The number of methoxy groups -OCH3 is 2. The molecule has 2 atom stereocenters. The fourth-order valence-corrected chi connectivity index (χ4v) is 32.6. The molecule has 12 nitrogen and oxygen atoms in total. The second-order valence-electron chi connectivity index (χ2n) is 20.2. The Balaban J connectivity index is 0.000000141. The minimum atomic E-state index is -2.08. The fourth-order valence-electron chi connectivity index (χ4n) is 12.3. The Morgan fingerprint density at radius 2 is 1.16 bits per heavy atom. The number of fused-ring (bicyclic) bond motifs is 6. The summed E-state index contributed by atoms with van der Waals surface area (Å²) < 4.78 is 18.7. The predicted octanol–water partition coefficient (Wildman–Crippen LogP) is 11.4. The van der Waals surface area contributed by atoms with Crippen LogP contribution in [-0.2, 0) is 43.4 Å². The van der Waals surface area contributed by atoms with Gasteiger partial charge in [-0.1, -0.05) is 34.1 Å². The van der Waals surface area contributed by atoms with E-state index in [1.54, 1.807) is 51.9 Å². The van der Waals surface area contributed by atoms with Crippen molar-refractivity contribution < 1.29 is 19.1 Å². The van der Waals surface area contributed by atoms with Crippen molar-refractivity contribution in [2.45, 2.75) is 160 Å². The minimum absolute atomic E-state index is 0.0411. The minimum Gasteiger partial charge on any atom is -0.381 e.